The van der Waals surface area contributed by atoms with Gasteiger partial charge < -0.3 is 14.8 Å². The zero-order chi connectivity index (χ0) is 19.2. The van der Waals surface area contributed by atoms with Gasteiger partial charge in [0.15, 0.2) is 0 Å². The Hall–Kier alpha value is -2.07. The second-order valence-electron chi connectivity index (χ2n) is 7.23. The van der Waals surface area contributed by atoms with E-state index in [0.29, 0.717) is 25.6 Å². The maximum absolute atomic E-state index is 12.9. The maximum atomic E-state index is 12.9. The van der Waals surface area contributed by atoms with Crippen molar-refractivity contribution in [3.63, 3.8) is 0 Å². The van der Waals surface area contributed by atoms with E-state index in [1.54, 1.807) is 0 Å². The third-order valence-electron chi connectivity index (χ3n) is 4.37. The van der Waals surface area contributed by atoms with Crippen molar-refractivity contribution in [3.8, 4) is 5.75 Å². The molecule has 4 heteroatoms. The third-order valence-corrected chi connectivity index (χ3v) is 4.37. The van der Waals surface area contributed by atoms with Crippen LogP contribution in [0, 0.1) is 5.92 Å². The molecule has 0 aromatic heterocycles. The highest BCUT2D eigenvalue weighted by Crippen LogP contribution is 2.33. The number of fused-ring (bicyclic) bond motifs is 1. The van der Waals surface area contributed by atoms with E-state index in [1.807, 2.05) is 50.2 Å². The molecule has 0 saturated carbocycles. The van der Waals surface area contributed by atoms with Gasteiger partial charge in [-0.15, -0.1) is 0 Å². The van der Waals surface area contributed by atoms with Gasteiger partial charge in [0.1, 0.15) is 11.4 Å². The number of hydrogen-bond acceptors (Lipinski definition) is 3. The highest BCUT2D eigenvalue weighted by molar-refractivity contribution is 6.06. The molecule has 0 aliphatic heterocycles. The highest BCUT2D eigenvalue weighted by Gasteiger charge is 2.33. The van der Waals surface area contributed by atoms with Crippen LogP contribution < -0.4 is 10.1 Å². The van der Waals surface area contributed by atoms with Crippen LogP contribution in [0.4, 0.5) is 5.69 Å². The number of hydrogen-bond donors (Lipinski definition) is 1. The van der Waals surface area contributed by atoms with Gasteiger partial charge in [-0.2, -0.15) is 0 Å². The topological polar surface area (TPSA) is 47.6 Å². The van der Waals surface area contributed by atoms with Crippen molar-refractivity contribution in [2.75, 3.05) is 18.5 Å². The fourth-order valence-corrected chi connectivity index (χ4v) is 3.06. The molecule has 0 bridgehead atoms. The summed E-state index contributed by atoms with van der Waals surface area (Å²) in [7, 11) is 0. The average Bonchev–Trinajstić information content (AvgIpc) is 2.61. The first-order valence-corrected chi connectivity index (χ1v) is 9.51. The van der Waals surface area contributed by atoms with Gasteiger partial charge in [-0.25, -0.2) is 0 Å². The minimum absolute atomic E-state index is 0.109. The van der Waals surface area contributed by atoms with E-state index in [1.165, 1.54) is 0 Å². The third kappa shape index (κ3) is 4.76. The number of rotatable bonds is 9. The Bertz CT molecular complexity index is 733. The van der Waals surface area contributed by atoms with Gasteiger partial charge in [-0.1, -0.05) is 51.5 Å². The van der Waals surface area contributed by atoms with E-state index in [9.17, 15) is 4.79 Å². The standard InChI is InChI=1S/C22H31NO3/c1-6-14-22(5,26-7-2)21(24)23-19-12-13-20(25-15-16(3)4)18-11-9-8-10-17(18)19/h8-13,16H,6-7,14-15H2,1-5H3,(H,23,24)/t22-/m0/s1. The zero-order valence-corrected chi connectivity index (χ0v) is 16.6. The van der Waals surface area contributed by atoms with Gasteiger partial charge >= 0.3 is 0 Å². The Labute approximate surface area is 156 Å². The molecule has 2 aromatic carbocycles. The summed E-state index contributed by atoms with van der Waals surface area (Å²) >= 11 is 0. The minimum atomic E-state index is -0.822. The molecule has 0 spiro atoms. The van der Waals surface area contributed by atoms with E-state index in [0.717, 1.165) is 28.6 Å². The number of carbonyl (C=O) groups is 1. The first kappa shape index (κ1) is 20.2. The van der Waals surface area contributed by atoms with Gasteiger partial charge in [-0.05, 0) is 38.3 Å². The summed E-state index contributed by atoms with van der Waals surface area (Å²) in [5, 5.41) is 5.04. The van der Waals surface area contributed by atoms with Crippen molar-refractivity contribution in [1.29, 1.82) is 0 Å². The molecule has 0 unspecified atom stereocenters. The predicted octanol–water partition coefficient (Wildman–Crippen LogP) is 5.41. The summed E-state index contributed by atoms with van der Waals surface area (Å²) in [6, 6.07) is 11.8. The summed E-state index contributed by atoms with van der Waals surface area (Å²) in [5.41, 5.74) is -0.0400. The van der Waals surface area contributed by atoms with Crippen LogP contribution in [0.15, 0.2) is 36.4 Å². The van der Waals surface area contributed by atoms with Gasteiger partial charge in [0.05, 0.1) is 6.61 Å². The number of carbonyl (C=O) groups excluding carboxylic acids is 1. The van der Waals surface area contributed by atoms with E-state index < -0.39 is 5.60 Å². The predicted molar refractivity (Wildman–Crippen MR) is 108 cm³/mol. The lowest BCUT2D eigenvalue weighted by atomic mass is 9.98. The van der Waals surface area contributed by atoms with Gasteiger partial charge in [0, 0.05) is 23.1 Å². The first-order valence-electron chi connectivity index (χ1n) is 9.51. The van der Waals surface area contributed by atoms with E-state index in [2.05, 4.69) is 26.1 Å². The molecule has 2 rings (SSSR count). The van der Waals surface area contributed by atoms with Gasteiger partial charge in [-0.3, -0.25) is 4.79 Å². The summed E-state index contributed by atoms with van der Waals surface area (Å²) in [5.74, 6) is 1.18. The second-order valence-corrected chi connectivity index (χ2v) is 7.23. The molecule has 1 atom stereocenters. The quantitative estimate of drug-likeness (QED) is 0.653. The molecular weight excluding hydrogens is 326 g/mol. The molecule has 2 aromatic rings. The van der Waals surface area contributed by atoms with Crippen molar-refractivity contribution < 1.29 is 14.3 Å². The molecule has 0 saturated heterocycles. The normalized spacial score (nSPS) is 13.6. The Morgan fingerprint density at radius 1 is 1.12 bits per heavy atom. The lowest BCUT2D eigenvalue weighted by molar-refractivity contribution is -0.139. The van der Waals surface area contributed by atoms with Crippen molar-refractivity contribution >= 4 is 22.4 Å². The number of amides is 1. The smallest absolute Gasteiger partial charge is 0.256 e. The fraction of sp³-hybridized carbons (Fsp3) is 0.500. The molecule has 0 heterocycles. The van der Waals surface area contributed by atoms with Crippen LogP contribution in [0.2, 0.25) is 0 Å². The summed E-state index contributed by atoms with van der Waals surface area (Å²) in [4.78, 5) is 12.9. The molecule has 26 heavy (non-hydrogen) atoms. The van der Waals surface area contributed by atoms with E-state index in [-0.39, 0.29) is 5.91 Å². The lowest BCUT2D eigenvalue weighted by Crippen LogP contribution is -2.42. The number of benzene rings is 2. The van der Waals surface area contributed by atoms with E-state index >= 15 is 0 Å². The van der Waals surface area contributed by atoms with E-state index in [4.69, 9.17) is 9.47 Å². The lowest BCUT2D eigenvalue weighted by Gasteiger charge is -2.28. The molecule has 0 radical (unpaired) electrons. The van der Waals surface area contributed by atoms with Crippen LogP contribution >= 0.6 is 0 Å². The molecule has 1 N–H and O–H groups in total. The fourth-order valence-electron chi connectivity index (χ4n) is 3.06. The number of ether oxygens (including phenoxy) is 2. The molecule has 0 aliphatic carbocycles. The molecule has 142 valence electrons. The molecule has 0 fully saturated rings. The van der Waals surface area contributed by atoms with Crippen LogP contribution in [0.3, 0.4) is 0 Å². The molecule has 0 aliphatic rings. The molecular formula is C22H31NO3. The maximum Gasteiger partial charge on any atom is 0.256 e. The Morgan fingerprint density at radius 2 is 1.81 bits per heavy atom. The van der Waals surface area contributed by atoms with Crippen molar-refractivity contribution in [3.05, 3.63) is 36.4 Å². The van der Waals surface area contributed by atoms with Crippen LogP contribution in [-0.2, 0) is 9.53 Å². The second kappa shape index (κ2) is 9.04. The monoisotopic (exact) mass is 357 g/mol. The molecule has 1 amide bonds. The van der Waals surface area contributed by atoms with Gasteiger partial charge in [0.2, 0.25) is 0 Å². The SMILES string of the molecule is CCC[C@](C)(OCC)C(=O)Nc1ccc(OCC(C)C)c2ccccc12. The summed E-state index contributed by atoms with van der Waals surface area (Å²) < 4.78 is 11.7. The Kier molecular flexibility index (Phi) is 7.04. The number of nitrogens with one attached hydrogen (secondary N) is 1. The van der Waals surface area contributed by atoms with Crippen LogP contribution in [0.25, 0.3) is 10.8 Å². The molecule has 4 nitrogen and oxygen atoms in total. The van der Waals surface area contributed by atoms with Crippen molar-refractivity contribution in [2.24, 2.45) is 5.92 Å². The van der Waals surface area contributed by atoms with Crippen LogP contribution in [0.5, 0.6) is 5.75 Å². The highest BCUT2D eigenvalue weighted by atomic mass is 16.5. The van der Waals surface area contributed by atoms with Crippen LogP contribution in [0.1, 0.15) is 47.5 Å². The van der Waals surface area contributed by atoms with Crippen LogP contribution in [-0.4, -0.2) is 24.7 Å². The zero-order valence-electron chi connectivity index (χ0n) is 16.6. The summed E-state index contributed by atoms with van der Waals surface area (Å²) in [6.45, 7) is 11.2. The average molecular weight is 357 g/mol. The van der Waals surface area contributed by atoms with Crippen molar-refractivity contribution in [1.82, 2.24) is 0 Å². The largest absolute Gasteiger partial charge is 0.493 e. The van der Waals surface area contributed by atoms with Gasteiger partial charge in [0.25, 0.3) is 5.91 Å². The number of anilines is 1. The van der Waals surface area contributed by atoms with Crippen molar-refractivity contribution in [2.45, 2.75) is 53.1 Å². The Morgan fingerprint density at radius 3 is 2.42 bits per heavy atom. The summed E-state index contributed by atoms with van der Waals surface area (Å²) in [6.07, 6.45) is 1.56. The first-order chi connectivity index (χ1) is 12.4. The Balaban J connectivity index is 2.33. The minimum Gasteiger partial charge on any atom is -0.493 e.